The topological polar surface area (TPSA) is 0 Å². The molecule has 0 aliphatic carbocycles. The molecule has 0 saturated carbocycles. The fraction of sp³-hybridized carbons (Fsp3) is 0.0588. The number of allylic oxidation sites excluding steroid dienone is 12. The van der Waals surface area contributed by atoms with E-state index in [0.717, 1.165) is 16.7 Å². The average Bonchev–Trinajstić information content (AvgIpc) is 2.32. The van der Waals surface area contributed by atoms with Gasteiger partial charge in [-0.15, -0.1) is 0 Å². The Hall–Kier alpha value is -2.08. The van der Waals surface area contributed by atoms with Crippen molar-refractivity contribution in [3.63, 3.8) is 0 Å². The van der Waals surface area contributed by atoms with E-state index < -0.39 is 0 Å². The van der Waals surface area contributed by atoms with Crippen LogP contribution in [-0.4, -0.2) is 0 Å². The van der Waals surface area contributed by atoms with E-state index in [2.05, 4.69) is 32.4 Å². The third-order valence-electron chi connectivity index (χ3n) is 2.03. The van der Waals surface area contributed by atoms with Gasteiger partial charge in [-0.25, -0.2) is 0 Å². The second kappa shape index (κ2) is 9.17. The normalized spacial score (nSPS) is 13.6. The van der Waals surface area contributed by atoms with Crippen molar-refractivity contribution in [1.82, 2.24) is 0 Å². The van der Waals surface area contributed by atoms with Crippen LogP contribution in [0.4, 0.5) is 0 Å². The Morgan fingerprint density at radius 2 is 1.47 bits per heavy atom. The summed E-state index contributed by atoms with van der Waals surface area (Å²) in [7, 11) is 0. The SMILES string of the molecule is C=C\C=C/C(=C\C=C)C(/C=C)=C/C(C)=C\C=C. The third-order valence-corrected chi connectivity index (χ3v) is 2.03. The van der Waals surface area contributed by atoms with Crippen LogP contribution in [0.1, 0.15) is 6.92 Å². The van der Waals surface area contributed by atoms with Gasteiger partial charge in [-0.1, -0.05) is 86.6 Å². The van der Waals surface area contributed by atoms with Gasteiger partial charge < -0.3 is 0 Å². The molecule has 0 rings (SSSR count). The molecule has 0 heteroatoms. The van der Waals surface area contributed by atoms with Gasteiger partial charge in [-0.05, 0) is 18.1 Å². The summed E-state index contributed by atoms with van der Waals surface area (Å²) in [5, 5.41) is 0. The van der Waals surface area contributed by atoms with Crippen LogP contribution in [0.5, 0.6) is 0 Å². The van der Waals surface area contributed by atoms with E-state index in [1.165, 1.54) is 0 Å². The smallest absolute Gasteiger partial charge is 0.0184 e. The lowest BCUT2D eigenvalue weighted by Gasteiger charge is -2.03. The van der Waals surface area contributed by atoms with E-state index in [1.54, 1.807) is 18.2 Å². The van der Waals surface area contributed by atoms with Crippen LogP contribution in [0.2, 0.25) is 0 Å². The lowest BCUT2D eigenvalue weighted by molar-refractivity contribution is 1.45. The van der Waals surface area contributed by atoms with Gasteiger partial charge in [-0.3, -0.25) is 0 Å². The maximum absolute atomic E-state index is 3.83. The highest BCUT2D eigenvalue weighted by atomic mass is 14.0. The standard InChI is InChI=1S/C17H20/c1-6-10-13-17(12-8-3)16(9-4)14-15(5)11-7-2/h6-14H,1-4H2,5H3/b13-10-,15-11-,16-14+,17-12+. The average molecular weight is 224 g/mol. The molecule has 0 aromatic carbocycles. The molecule has 88 valence electrons. The summed E-state index contributed by atoms with van der Waals surface area (Å²) in [5.41, 5.74) is 3.21. The van der Waals surface area contributed by atoms with Gasteiger partial charge in [0, 0.05) is 0 Å². The maximum atomic E-state index is 3.83. The van der Waals surface area contributed by atoms with E-state index in [4.69, 9.17) is 0 Å². The molecule has 0 nitrogen and oxygen atoms in total. The molecule has 0 bridgehead atoms. The highest BCUT2D eigenvalue weighted by Crippen LogP contribution is 2.16. The lowest BCUT2D eigenvalue weighted by Crippen LogP contribution is -1.84. The molecule has 0 saturated heterocycles. The summed E-state index contributed by atoms with van der Waals surface area (Å²) in [6.45, 7) is 16.9. The summed E-state index contributed by atoms with van der Waals surface area (Å²) in [6.07, 6.45) is 16.9. The molecule has 0 spiro atoms. The van der Waals surface area contributed by atoms with Gasteiger partial charge in [0.05, 0.1) is 0 Å². The summed E-state index contributed by atoms with van der Waals surface area (Å²) < 4.78 is 0. The summed E-state index contributed by atoms with van der Waals surface area (Å²) >= 11 is 0. The van der Waals surface area contributed by atoms with Crippen molar-refractivity contribution in [1.29, 1.82) is 0 Å². The van der Waals surface area contributed by atoms with Crippen molar-refractivity contribution in [3.05, 3.63) is 97.7 Å². The van der Waals surface area contributed by atoms with Crippen molar-refractivity contribution in [2.24, 2.45) is 0 Å². The van der Waals surface area contributed by atoms with Crippen LogP contribution in [0.25, 0.3) is 0 Å². The molecule has 0 aliphatic heterocycles. The number of rotatable bonds is 7. The van der Waals surface area contributed by atoms with Crippen molar-refractivity contribution in [3.8, 4) is 0 Å². The quantitative estimate of drug-likeness (QED) is 0.529. The second-order valence-corrected chi connectivity index (χ2v) is 3.40. The van der Waals surface area contributed by atoms with Gasteiger partial charge in [0.1, 0.15) is 0 Å². The first-order valence-electron chi connectivity index (χ1n) is 5.45. The molecular formula is C17H20. The maximum Gasteiger partial charge on any atom is -0.0184 e. The Balaban J connectivity index is 5.38. The summed E-state index contributed by atoms with van der Waals surface area (Å²) in [5.74, 6) is 0. The summed E-state index contributed by atoms with van der Waals surface area (Å²) in [6, 6.07) is 0. The molecule has 17 heavy (non-hydrogen) atoms. The second-order valence-electron chi connectivity index (χ2n) is 3.40. The Kier molecular flexibility index (Phi) is 8.05. The van der Waals surface area contributed by atoms with Gasteiger partial charge in [0.2, 0.25) is 0 Å². The minimum atomic E-state index is 1.04. The first-order chi connectivity index (χ1) is 8.19. The largest absolute Gasteiger partial charge is 0.0991 e. The lowest BCUT2D eigenvalue weighted by atomic mass is 10.0. The van der Waals surface area contributed by atoms with Crippen LogP contribution in [0.15, 0.2) is 97.7 Å². The van der Waals surface area contributed by atoms with Crippen molar-refractivity contribution in [2.75, 3.05) is 0 Å². The highest BCUT2D eigenvalue weighted by molar-refractivity contribution is 5.50. The van der Waals surface area contributed by atoms with Crippen LogP contribution >= 0.6 is 0 Å². The predicted molar refractivity (Wildman–Crippen MR) is 79.9 cm³/mol. The Morgan fingerprint density at radius 1 is 0.824 bits per heavy atom. The molecule has 0 aromatic heterocycles. The van der Waals surface area contributed by atoms with Crippen LogP contribution in [0.3, 0.4) is 0 Å². The van der Waals surface area contributed by atoms with Crippen molar-refractivity contribution in [2.45, 2.75) is 6.92 Å². The minimum Gasteiger partial charge on any atom is -0.0991 e. The van der Waals surface area contributed by atoms with Gasteiger partial charge >= 0.3 is 0 Å². The van der Waals surface area contributed by atoms with E-state index in [-0.39, 0.29) is 0 Å². The van der Waals surface area contributed by atoms with Crippen LogP contribution in [-0.2, 0) is 0 Å². The van der Waals surface area contributed by atoms with Gasteiger partial charge in [0.15, 0.2) is 0 Å². The molecule has 0 N–H and O–H groups in total. The van der Waals surface area contributed by atoms with E-state index in [9.17, 15) is 0 Å². The Morgan fingerprint density at radius 3 is 1.94 bits per heavy atom. The molecule has 0 radical (unpaired) electrons. The zero-order chi connectivity index (χ0) is 13.1. The monoisotopic (exact) mass is 224 g/mol. The molecule has 0 aliphatic rings. The first kappa shape index (κ1) is 14.9. The van der Waals surface area contributed by atoms with E-state index in [1.807, 2.05) is 37.3 Å². The van der Waals surface area contributed by atoms with Crippen LogP contribution < -0.4 is 0 Å². The summed E-state index contributed by atoms with van der Waals surface area (Å²) in [4.78, 5) is 0. The minimum absolute atomic E-state index is 1.04. The number of hydrogen-bond acceptors (Lipinski definition) is 0. The number of hydrogen-bond donors (Lipinski definition) is 0. The van der Waals surface area contributed by atoms with Crippen molar-refractivity contribution >= 4 is 0 Å². The van der Waals surface area contributed by atoms with Gasteiger partial charge in [-0.2, -0.15) is 0 Å². The molecule has 0 fully saturated rings. The van der Waals surface area contributed by atoms with Crippen molar-refractivity contribution < 1.29 is 0 Å². The fourth-order valence-corrected chi connectivity index (χ4v) is 1.29. The fourth-order valence-electron chi connectivity index (χ4n) is 1.29. The predicted octanol–water partition coefficient (Wildman–Crippen LogP) is 5.09. The first-order valence-corrected chi connectivity index (χ1v) is 5.45. The van der Waals surface area contributed by atoms with Gasteiger partial charge in [0.25, 0.3) is 0 Å². The Labute approximate surface area is 105 Å². The third kappa shape index (κ3) is 6.16. The zero-order valence-electron chi connectivity index (χ0n) is 10.5. The van der Waals surface area contributed by atoms with E-state index >= 15 is 0 Å². The van der Waals surface area contributed by atoms with E-state index in [0.29, 0.717) is 0 Å². The Bertz CT molecular complexity index is 409. The molecule has 0 aromatic rings. The molecular weight excluding hydrogens is 204 g/mol. The molecule has 0 amide bonds. The zero-order valence-corrected chi connectivity index (χ0v) is 10.5. The molecule has 0 unspecified atom stereocenters. The molecule has 0 heterocycles. The van der Waals surface area contributed by atoms with Crippen LogP contribution in [0, 0.1) is 0 Å². The highest BCUT2D eigenvalue weighted by Gasteiger charge is 1.96. The molecule has 0 atom stereocenters.